The van der Waals surface area contributed by atoms with Gasteiger partial charge in [-0.05, 0) is 26.2 Å². The molecule has 2 aromatic heterocycles. The molecule has 0 saturated heterocycles. The van der Waals surface area contributed by atoms with Crippen LogP contribution >= 0.6 is 0 Å². The van der Waals surface area contributed by atoms with Gasteiger partial charge in [-0.3, -0.25) is 4.68 Å². The fraction of sp³-hybridized carbons (Fsp3) is 0.600. The van der Waals surface area contributed by atoms with Crippen LogP contribution in [0.25, 0.3) is 0 Å². The standard InChI is InChI=1S/C15H23N7O2/c1-10(14-20-16-9-21(14)2)18-15(24)19-12-4-3-5-13-11(12)8-17-22(13)6-7-23/h8-10,12,23H,3-7H2,1-2H3,(H2,18,19,24)/t10-,12-/m1/s1. The number of nitrogens with zero attached hydrogens (tertiary/aromatic N) is 5. The Hall–Kier alpha value is -2.42. The van der Waals surface area contributed by atoms with Gasteiger partial charge in [-0.1, -0.05) is 0 Å². The molecule has 1 aliphatic carbocycles. The van der Waals surface area contributed by atoms with E-state index in [4.69, 9.17) is 5.11 Å². The second kappa shape index (κ2) is 7.00. The van der Waals surface area contributed by atoms with E-state index in [2.05, 4.69) is 25.9 Å². The molecule has 3 rings (SSSR count). The second-order valence-corrected chi connectivity index (χ2v) is 6.08. The Labute approximate surface area is 140 Å². The highest BCUT2D eigenvalue weighted by Gasteiger charge is 2.26. The van der Waals surface area contributed by atoms with Gasteiger partial charge in [0.2, 0.25) is 0 Å². The van der Waals surface area contributed by atoms with Gasteiger partial charge in [0, 0.05) is 18.3 Å². The number of aryl methyl sites for hydroxylation is 1. The molecule has 0 saturated carbocycles. The number of fused-ring (bicyclic) bond motifs is 1. The summed E-state index contributed by atoms with van der Waals surface area (Å²) in [6, 6.07) is -0.538. The fourth-order valence-electron chi connectivity index (χ4n) is 3.20. The van der Waals surface area contributed by atoms with Crippen LogP contribution in [0.3, 0.4) is 0 Å². The zero-order valence-corrected chi connectivity index (χ0v) is 13.9. The van der Waals surface area contributed by atoms with Crippen molar-refractivity contribution in [2.75, 3.05) is 6.61 Å². The lowest BCUT2D eigenvalue weighted by Crippen LogP contribution is -2.40. The minimum atomic E-state index is -0.238. The number of aliphatic hydroxyl groups excluding tert-OH is 1. The molecule has 0 bridgehead atoms. The highest BCUT2D eigenvalue weighted by molar-refractivity contribution is 5.75. The first-order valence-electron chi connectivity index (χ1n) is 8.16. The van der Waals surface area contributed by atoms with Crippen molar-refractivity contribution >= 4 is 6.03 Å². The molecule has 2 heterocycles. The highest BCUT2D eigenvalue weighted by atomic mass is 16.3. The highest BCUT2D eigenvalue weighted by Crippen LogP contribution is 2.29. The Kier molecular flexibility index (Phi) is 4.79. The number of rotatable bonds is 5. The number of aromatic nitrogens is 5. The van der Waals surface area contributed by atoms with Crippen molar-refractivity contribution in [1.82, 2.24) is 35.2 Å². The fourth-order valence-corrected chi connectivity index (χ4v) is 3.20. The van der Waals surface area contributed by atoms with Crippen molar-refractivity contribution in [3.8, 4) is 0 Å². The monoisotopic (exact) mass is 333 g/mol. The average molecular weight is 333 g/mol. The third-order valence-corrected chi connectivity index (χ3v) is 4.36. The SMILES string of the molecule is C[C@@H](NC(=O)N[C@@H]1CCCc2c1cnn2CCO)c1nncn1C. The zero-order chi connectivity index (χ0) is 17.1. The largest absolute Gasteiger partial charge is 0.394 e. The maximum atomic E-state index is 12.3. The summed E-state index contributed by atoms with van der Waals surface area (Å²) in [5, 5.41) is 27.2. The van der Waals surface area contributed by atoms with Gasteiger partial charge in [0.25, 0.3) is 0 Å². The zero-order valence-electron chi connectivity index (χ0n) is 13.9. The molecule has 130 valence electrons. The quantitative estimate of drug-likeness (QED) is 0.735. The molecule has 0 aliphatic heterocycles. The molecular weight excluding hydrogens is 310 g/mol. The molecule has 9 heteroatoms. The van der Waals surface area contributed by atoms with Crippen molar-refractivity contribution in [2.24, 2.45) is 7.05 Å². The van der Waals surface area contributed by atoms with Crippen LogP contribution in [0.5, 0.6) is 0 Å². The number of aliphatic hydroxyl groups is 1. The van der Waals surface area contributed by atoms with E-state index < -0.39 is 0 Å². The van der Waals surface area contributed by atoms with Crippen LogP contribution in [0.15, 0.2) is 12.5 Å². The number of hydrogen-bond donors (Lipinski definition) is 3. The Bertz CT molecular complexity index is 708. The van der Waals surface area contributed by atoms with Crippen molar-refractivity contribution in [1.29, 1.82) is 0 Å². The van der Waals surface area contributed by atoms with Crippen LogP contribution in [0, 0.1) is 0 Å². The Morgan fingerprint density at radius 2 is 2.38 bits per heavy atom. The summed E-state index contributed by atoms with van der Waals surface area (Å²) in [7, 11) is 1.84. The number of hydrogen-bond acceptors (Lipinski definition) is 5. The maximum Gasteiger partial charge on any atom is 0.315 e. The third kappa shape index (κ3) is 3.25. The first-order valence-corrected chi connectivity index (χ1v) is 8.16. The van der Waals surface area contributed by atoms with E-state index in [0.717, 1.165) is 30.5 Å². The van der Waals surface area contributed by atoms with E-state index in [1.54, 1.807) is 17.1 Å². The first kappa shape index (κ1) is 16.4. The molecule has 0 spiro atoms. The van der Waals surface area contributed by atoms with Crippen molar-refractivity contribution in [3.05, 3.63) is 29.6 Å². The molecule has 0 aromatic carbocycles. The van der Waals surface area contributed by atoms with Gasteiger partial charge in [-0.15, -0.1) is 10.2 Å². The van der Waals surface area contributed by atoms with Crippen LogP contribution in [-0.2, 0) is 20.0 Å². The van der Waals surface area contributed by atoms with Gasteiger partial charge in [0.15, 0.2) is 5.82 Å². The summed E-state index contributed by atoms with van der Waals surface area (Å²) in [4.78, 5) is 12.3. The number of urea groups is 1. The van der Waals surface area contributed by atoms with Crippen molar-refractivity contribution in [2.45, 2.75) is 44.8 Å². The van der Waals surface area contributed by atoms with Crippen LogP contribution in [-0.4, -0.2) is 42.3 Å². The predicted octanol–water partition coefficient (Wildman–Crippen LogP) is 0.442. The van der Waals surface area contributed by atoms with E-state index >= 15 is 0 Å². The van der Waals surface area contributed by atoms with E-state index in [1.165, 1.54) is 0 Å². The summed E-state index contributed by atoms with van der Waals surface area (Å²) >= 11 is 0. The molecule has 1 aliphatic rings. The van der Waals surface area contributed by atoms with Gasteiger partial charge in [-0.2, -0.15) is 5.10 Å². The summed E-state index contributed by atoms with van der Waals surface area (Å²) < 4.78 is 3.60. The van der Waals surface area contributed by atoms with Crippen LogP contribution in [0.4, 0.5) is 4.79 Å². The van der Waals surface area contributed by atoms with Crippen LogP contribution in [0.1, 0.15) is 48.9 Å². The minimum Gasteiger partial charge on any atom is -0.394 e. The molecule has 24 heavy (non-hydrogen) atoms. The molecule has 2 aromatic rings. The van der Waals surface area contributed by atoms with E-state index in [9.17, 15) is 4.79 Å². The second-order valence-electron chi connectivity index (χ2n) is 6.08. The third-order valence-electron chi connectivity index (χ3n) is 4.36. The van der Waals surface area contributed by atoms with E-state index in [-0.39, 0.29) is 24.7 Å². The summed E-state index contributed by atoms with van der Waals surface area (Å²) in [6.07, 6.45) is 6.18. The first-order chi connectivity index (χ1) is 11.6. The Morgan fingerprint density at radius 1 is 1.54 bits per heavy atom. The summed E-state index contributed by atoms with van der Waals surface area (Å²) in [5.74, 6) is 0.699. The van der Waals surface area contributed by atoms with Gasteiger partial charge in [0.05, 0.1) is 31.4 Å². The number of amides is 2. The molecule has 9 nitrogen and oxygen atoms in total. The number of carbonyl (C=O) groups is 1. The van der Waals surface area contributed by atoms with Gasteiger partial charge >= 0.3 is 6.03 Å². The normalized spacial score (nSPS) is 18.0. The summed E-state index contributed by atoms with van der Waals surface area (Å²) in [6.45, 7) is 2.41. The molecule has 3 N–H and O–H groups in total. The van der Waals surface area contributed by atoms with Crippen LogP contribution < -0.4 is 10.6 Å². The number of carbonyl (C=O) groups excluding carboxylic acids is 1. The van der Waals surface area contributed by atoms with E-state index in [0.29, 0.717) is 12.4 Å². The van der Waals surface area contributed by atoms with E-state index in [1.807, 2.05) is 18.7 Å². The van der Waals surface area contributed by atoms with Crippen molar-refractivity contribution < 1.29 is 9.90 Å². The smallest absolute Gasteiger partial charge is 0.315 e. The van der Waals surface area contributed by atoms with Crippen LogP contribution in [0.2, 0.25) is 0 Å². The summed E-state index contributed by atoms with van der Waals surface area (Å²) in [5.41, 5.74) is 2.14. The van der Waals surface area contributed by atoms with Gasteiger partial charge in [-0.25, -0.2) is 4.79 Å². The Morgan fingerprint density at radius 3 is 3.08 bits per heavy atom. The Balaban J connectivity index is 1.65. The predicted molar refractivity (Wildman–Crippen MR) is 86.1 cm³/mol. The molecule has 0 fully saturated rings. The maximum absolute atomic E-state index is 12.3. The van der Waals surface area contributed by atoms with Gasteiger partial charge in [0.1, 0.15) is 6.33 Å². The topological polar surface area (TPSA) is 110 Å². The lowest BCUT2D eigenvalue weighted by Gasteiger charge is -2.25. The van der Waals surface area contributed by atoms with Gasteiger partial charge < -0.3 is 20.3 Å². The average Bonchev–Trinajstić information content (AvgIpc) is 3.15. The lowest BCUT2D eigenvalue weighted by molar-refractivity contribution is 0.231. The molecule has 2 amide bonds. The molecule has 0 unspecified atom stereocenters. The molecular formula is C15H23N7O2. The molecule has 0 radical (unpaired) electrons. The number of nitrogens with one attached hydrogen (secondary N) is 2. The molecule has 2 atom stereocenters. The van der Waals surface area contributed by atoms with Crippen molar-refractivity contribution in [3.63, 3.8) is 0 Å². The lowest BCUT2D eigenvalue weighted by atomic mass is 9.93. The minimum absolute atomic E-state index is 0.0575.